The fourth-order valence-electron chi connectivity index (χ4n) is 1.84. The monoisotopic (exact) mass is 310 g/mol. The summed E-state index contributed by atoms with van der Waals surface area (Å²) in [6, 6.07) is 6.97. The number of aryl methyl sites for hydroxylation is 1. The van der Waals surface area contributed by atoms with Crippen LogP contribution in [0, 0.1) is 18.6 Å². The molecule has 0 heterocycles. The van der Waals surface area contributed by atoms with E-state index in [-0.39, 0.29) is 16.0 Å². The molecule has 3 nitrogen and oxygen atoms in total. The van der Waals surface area contributed by atoms with E-state index >= 15 is 0 Å². The Balaban J connectivity index is 2.53. The van der Waals surface area contributed by atoms with Crippen molar-refractivity contribution in [2.45, 2.75) is 11.8 Å². The van der Waals surface area contributed by atoms with Gasteiger partial charge in [0.2, 0.25) is 0 Å². The van der Waals surface area contributed by atoms with Crippen LogP contribution in [0.2, 0.25) is 0 Å². The maximum Gasteiger partial charge on any atom is 0.196 e. The van der Waals surface area contributed by atoms with Gasteiger partial charge in [0.05, 0.1) is 10.5 Å². The van der Waals surface area contributed by atoms with Crippen LogP contribution in [-0.4, -0.2) is 20.5 Å². The summed E-state index contributed by atoms with van der Waals surface area (Å²) in [6.07, 6.45) is 1.00. The third-order valence-electron chi connectivity index (χ3n) is 3.02. The standard InChI is InChI=1S/C15H12F2O3S/c1-9-6-14(17)12(8-13(9)16)15(18)10-4-3-5-11(7-10)21(2,19)20/h3-8H,1-2H3. The molecule has 2 aromatic carbocycles. The zero-order valence-electron chi connectivity index (χ0n) is 11.4. The molecule has 0 aromatic heterocycles. The molecule has 0 saturated carbocycles. The number of hydrogen-bond acceptors (Lipinski definition) is 3. The largest absolute Gasteiger partial charge is 0.288 e. The van der Waals surface area contributed by atoms with Crippen LogP contribution in [0.25, 0.3) is 0 Å². The van der Waals surface area contributed by atoms with Crippen LogP contribution in [0.5, 0.6) is 0 Å². The zero-order valence-corrected chi connectivity index (χ0v) is 12.2. The first-order valence-electron chi connectivity index (χ1n) is 6.00. The zero-order chi connectivity index (χ0) is 15.8. The highest BCUT2D eigenvalue weighted by Gasteiger charge is 2.18. The van der Waals surface area contributed by atoms with Crippen LogP contribution in [-0.2, 0) is 9.84 Å². The minimum Gasteiger partial charge on any atom is -0.288 e. The molecule has 0 N–H and O–H groups in total. The summed E-state index contributed by atoms with van der Waals surface area (Å²) >= 11 is 0. The Morgan fingerprint density at radius 3 is 2.33 bits per heavy atom. The summed E-state index contributed by atoms with van der Waals surface area (Å²) in [5.41, 5.74) is -0.349. The molecular formula is C15H12F2O3S. The third kappa shape index (κ3) is 3.16. The molecule has 0 aliphatic carbocycles. The number of carbonyl (C=O) groups excluding carboxylic acids is 1. The predicted octanol–water partition coefficient (Wildman–Crippen LogP) is 2.91. The predicted molar refractivity (Wildman–Crippen MR) is 74.1 cm³/mol. The summed E-state index contributed by atoms with van der Waals surface area (Å²) in [5, 5.41) is 0. The number of sulfone groups is 1. The van der Waals surface area contributed by atoms with Crippen molar-refractivity contribution in [2.75, 3.05) is 6.26 Å². The molecule has 0 bridgehead atoms. The molecule has 0 radical (unpaired) electrons. The number of ketones is 1. The molecule has 0 fully saturated rings. The third-order valence-corrected chi connectivity index (χ3v) is 4.13. The first kappa shape index (κ1) is 15.3. The number of benzene rings is 2. The maximum atomic E-state index is 13.8. The second-order valence-corrected chi connectivity index (χ2v) is 6.73. The van der Waals surface area contributed by atoms with Gasteiger partial charge in [0.25, 0.3) is 0 Å². The van der Waals surface area contributed by atoms with Gasteiger partial charge in [-0.25, -0.2) is 17.2 Å². The summed E-state index contributed by atoms with van der Waals surface area (Å²) in [6.45, 7) is 1.39. The van der Waals surface area contributed by atoms with E-state index in [9.17, 15) is 22.0 Å². The minimum atomic E-state index is -3.49. The molecule has 21 heavy (non-hydrogen) atoms. The highest BCUT2D eigenvalue weighted by molar-refractivity contribution is 7.90. The number of hydrogen-bond donors (Lipinski definition) is 0. The van der Waals surface area contributed by atoms with E-state index in [1.165, 1.54) is 25.1 Å². The normalized spacial score (nSPS) is 11.4. The molecular weight excluding hydrogens is 298 g/mol. The lowest BCUT2D eigenvalue weighted by molar-refractivity contribution is 0.103. The minimum absolute atomic E-state index is 0.0138. The number of carbonyl (C=O) groups is 1. The Hall–Kier alpha value is -2.08. The van der Waals surface area contributed by atoms with Crippen molar-refractivity contribution >= 4 is 15.6 Å². The van der Waals surface area contributed by atoms with E-state index < -0.39 is 32.8 Å². The van der Waals surface area contributed by atoms with Crippen molar-refractivity contribution < 1.29 is 22.0 Å². The summed E-state index contributed by atoms with van der Waals surface area (Å²) < 4.78 is 50.2. The Morgan fingerprint density at radius 2 is 1.71 bits per heavy atom. The lowest BCUT2D eigenvalue weighted by atomic mass is 10.0. The van der Waals surface area contributed by atoms with Crippen LogP contribution < -0.4 is 0 Å². The molecule has 0 aliphatic rings. The van der Waals surface area contributed by atoms with E-state index in [0.717, 1.165) is 24.5 Å². The Bertz CT molecular complexity index is 827. The van der Waals surface area contributed by atoms with E-state index in [4.69, 9.17) is 0 Å². The molecule has 0 amide bonds. The van der Waals surface area contributed by atoms with Crippen LogP contribution in [0.4, 0.5) is 8.78 Å². The summed E-state index contributed by atoms with van der Waals surface area (Å²) in [7, 11) is -3.49. The summed E-state index contributed by atoms with van der Waals surface area (Å²) in [5.74, 6) is -2.31. The van der Waals surface area contributed by atoms with Crippen LogP contribution in [0.15, 0.2) is 41.3 Å². The van der Waals surface area contributed by atoms with Gasteiger partial charge in [-0.2, -0.15) is 0 Å². The first-order valence-corrected chi connectivity index (χ1v) is 7.90. The van der Waals surface area contributed by atoms with Gasteiger partial charge in [-0.1, -0.05) is 12.1 Å². The van der Waals surface area contributed by atoms with E-state index in [2.05, 4.69) is 0 Å². The van der Waals surface area contributed by atoms with Gasteiger partial charge in [-0.15, -0.1) is 0 Å². The highest BCUT2D eigenvalue weighted by atomic mass is 32.2. The van der Waals surface area contributed by atoms with Gasteiger partial charge < -0.3 is 0 Å². The first-order chi connectivity index (χ1) is 9.70. The SMILES string of the molecule is Cc1cc(F)c(C(=O)c2cccc(S(C)(=O)=O)c2)cc1F. The van der Waals surface area contributed by atoms with Crippen molar-refractivity contribution in [1.29, 1.82) is 0 Å². The molecule has 0 aliphatic heterocycles. The van der Waals surface area contributed by atoms with Crippen molar-refractivity contribution in [2.24, 2.45) is 0 Å². The van der Waals surface area contributed by atoms with Crippen LogP contribution in [0.3, 0.4) is 0 Å². The van der Waals surface area contributed by atoms with Crippen molar-refractivity contribution in [3.05, 3.63) is 64.7 Å². The fraction of sp³-hybridized carbons (Fsp3) is 0.133. The number of halogens is 2. The average Bonchev–Trinajstić information content (AvgIpc) is 2.41. The van der Waals surface area contributed by atoms with Crippen molar-refractivity contribution in [1.82, 2.24) is 0 Å². The molecule has 110 valence electrons. The lowest BCUT2D eigenvalue weighted by Gasteiger charge is -2.06. The summed E-state index contributed by atoms with van der Waals surface area (Å²) in [4.78, 5) is 12.2. The van der Waals surface area contributed by atoms with E-state index in [1.54, 1.807) is 0 Å². The second-order valence-electron chi connectivity index (χ2n) is 4.71. The quantitative estimate of drug-likeness (QED) is 0.819. The molecule has 0 unspecified atom stereocenters. The number of rotatable bonds is 3. The second kappa shape index (κ2) is 5.37. The van der Waals surface area contributed by atoms with Crippen LogP contribution in [0.1, 0.15) is 21.5 Å². The molecule has 0 saturated heterocycles. The Morgan fingerprint density at radius 1 is 1.05 bits per heavy atom. The molecule has 2 rings (SSSR count). The average molecular weight is 310 g/mol. The lowest BCUT2D eigenvalue weighted by Crippen LogP contribution is -2.07. The van der Waals surface area contributed by atoms with Gasteiger partial charge in [0.15, 0.2) is 15.6 Å². The maximum absolute atomic E-state index is 13.8. The Kier molecular flexibility index (Phi) is 3.91. The van der Waals surface area contributed by atoms with Gasteiger partial charge in [0, 0.05) is 11.8 Å². The van der Waals surface area contributed by atoms with Gasteiger partial charge in [0.1, 0.15) is 11.6 Å². The Labute approximate surface area is 121 Å². The van der Waals surface area contributed by atoms with Crippen molar-refractivity contribution in [3.8, 4) is 0 Å². The van der Waals surface area contributed by atoms with Crippen molar-refractivity contribution in [3.63, 3.8) is 0 Å². The smallest absolute Gasteiger partial charge is 0.196 e. The van der Waals surface area contributed by atoms with Crippen LogP contribution >= 0.6 is 0 Å². The van der Waals surface area contributed by atoms with E-state index in [1.807, 2.05) is 0 Å². The topological polar surface area (TPSA) is 51.2 Å². The molecule has 0 atom stereocenters. The van der Waals surface area contributed by atoms with Gasteiger partial charge in [-0.05, 0) is 36.8 Å². The molecule has 6 heteroatoms. The fourth-order valence-corrected chi connectivity index (χ4v) is 2.51. The molecule has 2 aromatic rings. The van der Waals surface area contributed by atoms with E-state index in [0.29, 0.717) is 0 Å². The highest BCUT2D eigenvalue weighted by Crippen LogP contribution is 2.19. The van der Waals surface area contributed by atoms with Gasteiger partial charge in [-0.3, -0.25) is 4.79 Å². The van der Waals surface area contributed by atoms with Gasteiger partial charge >= 0.3 is 0 Å². The molecule has 0 spiro atoms.